The van der Waals surface area contributed by atoms with Gasteiger partial charge in [-0.1, -0.05) is 12.1 Å². The van der Waals surface area contributed by atoms with Crippen LogP contribution in [0.25, 0.3) is 0 Å². The molecule has 132 valence electrons. The van der Waals surface area contributed by atoms with Gasteiger partial charge in [0.25, 0.3) is 0 Å². The topological polar surface area (TPSA) is 58.6 Å². The van der Waals surface area contributed by atoms with Gasteiger partial charge in [-0.3, -0.25) is 9.78 Å². The van der Waals surface area contributed by atoms with Crippen LogP contribution in [0, 0.1) is 5.92 Å². The minimum Gasteiger partial charge on any atom is -0.438 e. The van der Waals surface area contributed by atoms with Gasteiger partial charge in [-0.15, -0.1) is 0 Å². The van der Waals surface area contributed by atoms with Gasteiger partial charge in [0.1, 0.15) is 5.75 Å². The number of likely N-dealkylation sites (tertiary alicyclic amines) is 1. The third kappa shape index (κ3) is 5.00. The van der Waals surface area contributed by atoms with Crippen LogP contribution in [-0.2, 0) is 11.3 Å². The fourth-order valence-electron chi connectivity index (χ4n) is 3.21. The Balaban J connectivity index is 1.49. The molecule has 6 heteroatoms. The second-order valence-electron chi connectivity index (χ2n) is 6.61. The Bertz CT molecular complexity index is 690. The second-order valence-corrected chi connectivity index (χ2v) is 6.61. The lowest BCUT2D eigenvalue weighted by Crippen LogP contribution is -2.30. The zero-order valence-electron chi connectivity index (χ0n) is 14.8. The molecule has 0 N–H and O–H groups in total. The maximum atomic E-state index is 11.4. The first-order valence-electron chi connectivity index (χ1n) is 8.57. The Kier molecular flexibility index (Phi) is 5.60. The lowest BCUT2D eigenvalue weighted by Gasteiger charge is -2.21. The molecule has 0 spiro atoms. The van der Waals surface area contributed by atoms with Crippen LogP contribution in [-0.4, -0.2) is 52.4 Å². The number of benzene rings is 1. The van der Waals surface area contributed by atoms with E-state index in [0.29, 0.717) is 11.8 Å². The summed E-state index contributed by atoms with van der Waals surface area (Å²) in [4.78, 5) is 23.8. The minimum absolute atomic E-state index is 0.184. The molecular weight excluding hydrogens is 316 g/mol. The molecule has 0 radical (unpaired) electrons. The van der Waals surface area contributed by atoms with E-state index in [-0.39, 0.29) is 5.91 Å². The number of carbonyl (C=O) groups excluding carboxylic acids is 1. The van der Waals surface area contributed by atoms with Crippen molar-refractivity contribution in [1.82, 2.24) is 19.8 Å². The highest BCUT2D eigenvalue weighted by molar-refractivity contribution is 5.73. The number of carbonyl (C=O) groups is 1. The van der Waals surface area contributed by atoms with Crippen LogP contribution >= 0.6 is 0 Å². The molecule has 6 nitrogen and oxygen atoms in total. The van der Waals surface area contributed by atoms with E-state index in [4.69, 9.17) is 4.74 Å². The van der Waals surface area contributed by atoms with Gasteiger partial charge in [-0.2, -0.15) is 0 Å². The summed E-state index contributed by atoms with van der Waals surface area (Å²) in [6.07, 6.45) is 5.91. The predicted octanol–water partition coefficient (Wildman–Crippen LogP) is 2.57. The lowest BCUT2D eigenvalue weighted by atomic mass is 10.1. The molecule has 1 saturated heterocycles. The molecule has 25 heavy (non-hydrogen) atoms. The van der Waals surface area contributed by atoms with Gasteiger partial charge < -0.3 is 14.5 Å². The largest absolute Gasteiger partial charge is 0.438 e. The first kappa shape index (κ1) is 17.4. The molecule has 0 unspecified atom stereocenters. The first-order valence-corrected chi connectivity index (χ1v) is 8.57. The van der Waals surface area contributed by atoms with Crippen LogP contribution < -0.4 is 4.74 Å². The number of amides is 1. The van der Waals surface area contributed by atoms with Gasteiger partial charge in [0, 0.05) is 45.5 Å². The Hall–Kier alpha value is -2.47. The quantitative estimate of drug-likeness (QED) is 0.809. The number of nitrogens with zero attached hydrogens (tertiary/aromatic N) is 4. The van der Waals surface area contributed by atoms with Gasteiger partial charge in [-0.25, -0.2) is 4.98 Å². The highest BCUT2D eigenvalue weighted by atomic mass is 16.5. The Morgan fingerprint density at radius 1 is 1.32 bits per heavy atom. The summed E-state index contributed by atoms with van der Waals surface area (Å²) in [5.41, 5.74) is 1.23. The third-order valence-corrected chi connectivity index (χ3v) is 4.44. The highest BCUT2D eigenvalue weighted by Gasteiger charge is 2.24. The van der Waals surface area contributed by atoms with E-state index in [1.807, 2.05) is 17.0 Å². The molecule has 0 aliphatic carbocycles. The van der Waals surface area contributed by atoms with E-state index >= 15 is 0 Å². The molecule has 1 aliphatic heterocycles. The Morgan fingerprint density at radius 3 is 2.76 bits per heavy atom. The maximum absolute atomic E-state index is 11.4. The lowest BCUT2D eigenvalue weighted by molar-refractivity contribution is -0.127. The number of hydrogen-bond donors (Lipinski definition) is 0. The van der Waals surface area contributed by atoms with Crippen molar-refractivity contribution in [2.24, 2.45) is 5.92 Å². The molecule has 1 aliphatic rings. The summed E-state index contributed by atoms with van der Waals surface area (Å²) < 4.78 is 5.66. The van der Waals surface area contributed by atoms with Gasteiger partial charge in [0.15, 0.2) is 0 Å². The van der Waals surface area contributed by atoms with E-state index in [9.17, 15) is 4.79 Å². The molecule has 2 aromatic rings. The summed E-state index contributed by atoms with van der Waals surface area (Å²) in [5.74, 6) is 1.99. The van der Waals surface area contributed by atoms with Crippen LogP contribution in [0.4, 0.5) is 0 Å². The van der Waals surface area contributed by atoms with Crippen molar-refractivity contribution in [3.63, 3.8) is 0 Å². The second kappa shape index (κ2) is 8.07. The van der Waals surface area contributed by atoms with Crippen molar-refractivity contribution in [3.8, 4) is 11.6 Å². The summed E-state index contributed by atoms with van der Waals surface area (Å²) >= 11 is 0. The smallest absolute Gasteiger partial charge is 0.237 e. The van der Waals surface area contributed by atoms with Crippen molar-refractivity contribution in [2.45, 2.75) is 19.9 Å². The molecule has 0 saturated carbocycles. The summed E-state index contributed by atoms with van der Waals surface area (Å²) in [6.45, 7) is 5.30. The van der Waals surface area contributed by atoms with Crippen LogP contribution in [0.3, 0.4) is 0 Å². The van der Waals surface area contributed by atoms with E-state index in [0.717, 1.165) is 38.3 Å². The molecule has 2 heterocycles. The maximum Gasteiger partial charge on any atom is 0.237 e. The monoisotopic (exact) mass is 340 g/mol. The zero-order chi connectivity index (χ0) is 17.6. The van der Waals surface area contributed by atoms with Crippen molar-refractivity contribution < 1.29 is 9.53 Å². The SMILES string of the molecule is CC(=O)N1CC[C@@H](CN(C)Cc2ccc(Oc3cnccn3)cc2)C1. The van der Waals surface area contributed by atoms with Crippen molar-refractivity contribution in [1.29, 1.82) is 0 Å². The first-order chi connectivity index (χ1) is 12.1. The summed E-state index contributed by atoms with van der Waals surface area (Å²) in [5, 5.41) is 0. The summed E-state index contributed by atoms with van der Waals surface area (Å²) in [6, 6.07) is 8.03. The van der Waals surface area contributed by atoms with Crippen molar-refractivity contribution in [2.75, 3.05) is 26.7 Å². The molecule has 3 rings (SSSR count). The molecular formula is C19H24N4O2. The van der Waals surface area contributed by atoms with Crippen LogP contribution in [0.15, 0.2) is 42.9 Å². The van der Waals surface area contributed by atoms with E-state index in [1.54, 1.807) is 25.5 Å². The van der Waals surface area contributed by atoms with E-state index in [2.05, 4.69) is 34.0 Å². The molecule has 1 atom stereocenters. The van der Waals surface area contributed by atoms with Crippen LogP contribution in [0.2, 0.25) is 0 Å². The normalized spacial score (nSPS) is 17.1. The standard InChI is InChI=1S/C19H24N4O2/c1-15(24)23-10-7-17(14-23)13-22(2)12-16-3-5-18(6-4-16)25-19-11-20-8-9-21-19/h3-6,8-9,11,17H,7,10,12-14H2,1-2H3/t17-/m0/s1. The molecule has 0 bridgehead atoms. The minimum atomic E-state index is 0.184. The number of hydrogen-bond acceptors (Lipinski definition) is 5. The number of aromatic nitrogens is 2. The molecule has 1 aromatic heterocycles. The van der Waals surface area contributed by atoms with Crippen molar-refractivity contribution >= 4 is 5.91 Å². The predicted molar refractivity (Wildman–Crippen MR) is 95.2 cm³/mol. The van der Waals surface area contributed by atoms with Crippen LogP contribution in [0.5, 0.6) is 11.6 Å². The number of rotatable bonds is 6. The average molecular weight is 340 g/mol. The van der Waals surface area contributed by atoms with E-state index in [1.165, 1.54) is 5.56 Å². The van der Waals surface area contributed by atoms with Gasteiger partial charge in [0.05, 0.1) is 6.20 Å². The highest BCUT2D eigenvalue weighted by Crippen LogP contribution is 2.21. The molecule has 1 fully saturated rings. The fraction of sp³-hybridized carbons (Fsp3) is 0.421. The molecule has 1 aromatic carbocycles. The fourth-order valence-corrected chi connectivity index (χ4v) is 3.21. The van der Waals surface area contributed by atoms with E-state index < -0.39 is 0 Å². The number of ether oxygens (including phenoxy) is 1. The van der Waals surface area contributed by atoms with Gasteiger partial charge in [0.2, 0.25) is 11.8 Å². The Morgan fingerprint density at radius 2 is 2.12 bits per heavy atom. The summed E-state index contributed by atoms with van der Waals surface area (Å²) in [7, 11) is 2.13. The zero-order valence-corrected chi connectivity index (χ0v) is 14.8. The Labute approximate surface area is 148 Å². The van der Waals surface area contributed by atoms with Crippen LogP contribution in [0.1, 0.15) is 18.9 Å². The van der Waals surface area contributed by atoms with Crippen molar-refractivity contribution in [3.05, 3.63) is 48.4 Å². The van der Waals surface area contributed by atoms with Gasteiger partial charge >= 0.3 is 0 Å². The van der Waals surface area contributed by atoms with Gasteiger partial charge in [-0.05, 0) is 37.1 Å². The molecule has 1 amide bonds. The third-order valence-electron chi connectivity index (χ3n) is 4.44. The average Bonchev–Trinajstić information content (AvgIpc) is 3.06.